The smallest absolute Gasteiger partial charge is 0.253 e. The summed E-state index contributed by atoms with van der Waals surface area (Å²) in [6, 6.07) is 10.7. The highest BCUT2D eigenvalue weighted by atomic mass is 35.5. The van der Waals surface area contributed by atoms with Crippen LogP contribution in [0.15, 0.2) is 36.4 Å². The second kappa shape index (κ2) is 8.28. The van der Waals surface area contributed by atoms with Crippen LogP contribution in [0.25, 0.3) is 0 Å². The van der Waals surface area contributed by atoms with Gasteiger partial charge in [0.15, 0.2) is 0 Å². The van der Waals surface area contributed by atoms with Crippen molar-refractivity contribution in [2.45, 2.75) is 6.54 Å². The van der Waals surface area contributed by atoms with E-state index in [0.29, 0.717) is 17.8 Å². The van der Waals surface area contributed by atoms with Crippen LogP contribution in [-0.4, -0.2) is 49.3 Å². The molecule has 24 heavy (non-hydrogen) atoms. The average molecular weight is 366 g/mol. The highest BCUT2D eigenvalue weighted by Gasteiger charge is 2.10. The zero-order valence-corrected chi connectivity index (χ0v) is 15.4. The van der Waals surface area contributed by atoms with E-state index in [1.807, 2.05) is 24.1 Å². The maximum atomic E-state index is 12.1. The molecule has 0 spiro atoms. The number of hydrogen-bond acceptors (Lipinski definition) is 4. The first kappa shape index (κ1) is 18.4. The Morgan fingerprint density at radius 2 is 1.75 bits per heavy atom. The van der Waals surface area contributed by atoms with Crippen LogP contribution >= 0.6 is 22.9 Å². The van der Waals surface area contributed by atoms with Crippen LogP contribution in [0.1, 0.15) is 15.2 Å². The van der Waals surface area contributed by atoms with E-state index in [1.165, 1.54) is 16.2 Å². The Kier molecular flexibility index (Phi) is 6.36. The molecule has 0 aliphatic rings. The molecule has 1 aromatic carbocycles. The molecule has 0 saturated heterocycles. The van der Waals surface area contributed by atoms with Crippen LogP contribution in [0.5, 0.6) is 0 Å². The summed E-state index contributed by atoms with van der Waals surface area (Å²) in [6.45, 7) is 0.939. The summed E-state index contributed by atoms with van der Waals surface area (Å²) in [7, 11) is 5.29. The van der Waals surface area contributed by atoms with Gasteiger partial charge in [-0.25, -0.2) is 0 Å². The molecule has 2 amide bonds. The third-order valence-electron chi connectivity index (χ3n) is 3.29. The number of nitrogens with zero attached hydrogens (tertiary/aromatic N) is 2. The summed E-state index contributed by atoms with van der Waals surface area (Å²) in [5, 5.41) is 2.83. The molecule has 128 valence electrons. The lowest BCUT2D eigenvalue weighted by Crippen LogP contribution is -2.29. The zero-order valence-electron chi connectivity index (χ0n) is 13.9. The molecule has 1 aromatic heterocycles. The number of nitrogens with one attached hydrogen (secondary N) is 1. The van der Waals surface area contributed by atoms with Crippen molar-refractivity contribution in [3.05, 3.63) is 51.2 Å². The van der Waals surface area contributed by atoms with Crippen LogP contribution in [0.2, 0.25) is 4.34 Å². The van der Waals surface area contributed by atoms with Crippen LogP contribution in [-0.2, 0) is 11.3 Å². The number of carbonyl (C=O) groups is 2. The summed E-state index contributed by atoms with van der Waals surface area (Å²) in [5.74, 6) is -0.172. The summed E-state index contributed by atoms with van der Waals surface area (Å²) < 4.78 is 0.746. The lowest BCUT2D eigenvalue weighted by Gasteiger charge is -2.15. The predicted molar refractivity (Wildman–Crippen MR) is 98.8 cm³/mol. The van der Waals surface area contributed by atoms with E-state index < -0.39 is 0 Å². The number of likely N-dealkylation sites (N-methyl/N-ethyl adjacent to an activating group) is 1. The van der Waals surface area contributed by atoms with Gasteiger partial charge >= 0.3 is 0 Å². The fourth-order valence-corrected chi connectivity index (χ4v) is 3.33. The van der Waals surface area contributed by atoms with Crippen molar-refractivity contribution in [2.75, 3.05) is 33.0 Å². The lowest BCUT2D eigenvalue weighted by atomic mass is 10.2. The van der Waals surface area contributed by atoms with Gasteiger partial charge in [0.25, 0.3) is 5.91 Å². The Bertz CT molecular complexity index is 713. The van der Waals surface area contributed by atoms with Gasteiger partial charge in [0, 0.05) is 36.8 Å². The van der Waals surface area contributed by atoms with E-state index in [9.17, 15) is 9.59 Å². The van der Waals surface area contributed by atoms with Gasteiger partial charge in [0.1, 0.15) is 0 Å². The number of rotatable bonds is 6. The summed E-state index contributed by atoms with van der Waals surface area (Å²) in [6.07, 6.45) is 0. The molecule has 1 N–H and O–H groups in total. The van der Waals surface area contributed by atoms with Crippen molar-refractivity contribution in [2.24, 2.45) is 0 Å². The molecule has 0 bridgehead atoms. The summed E-state index contributed by atoms with van der Waals surface area (Å²) in [5.41, 5.74) is 1.26. The normalized spacial score (nSPS) is 10.7. The van der Waals surface area contributed by atoms with E-state index in [1.54, 1.807) is 38.4 Å². The number of benzene rings is 1. The molecule has 7 heteroatoms. The highest BCUT2D eigenvalue weighted by Crippen LogP contribution is 2.22. The molecule has 0 aliphatic heterocycles. The van der Waals surface area contributed by atoms with Crippen molar-refractivity contribution in [1.29, 1.82) is 0 Å². The molecule has 0 unspecified atom stereocenters. The van der Waals surface area contributed by atoms with Crippen LogP contribution in [0, 0.1) is 0 Å². The first-order chi connectivity index (χ1) is 11.3. The van der Waals surface area contributed by atoms with Crippen molar-refractivity contribution in [3.63, 3.8) is 0 Å². The minimum Gasteiger partial charge on any atom is -0.345 e. The van der Waals surface area contributed by atoms with Gasteiger partial charge in [0.05, 0.1) is 10.9 Å². The van der Waals surface area contributed by atoms with E-state index in [-0.39, 0.29) is 18.4 Å². The van der Waals surface area contributed by atoms with E-state index in [2.05, 4.69) is 5.32 Å². The topological polar surface area (TPSA) is 52.7 Å². The third kappa shape index (κ3) is 5.33. The number of thiophene rings is 1. The Labute approximate surface area is 150 Å². The van der Waals surface area contributed by atoms with E-state index >= 15 is 0 Å². The maximum absolute atomic E-state index is 12.1. The molecule has 0 fully saturated rings. The minimum absolute atomic E-state index is 0.0674. The number of amides is 2. The Morgan fingerprint density at radius 1 is 1.08 bits per heavy atom. The first-order valence-corrected chi connectivity index (χ1v) is 8.59. The third-order valence-corrected chi connectivity index (χ3v) is 4.51. The van der Waals surface area contributed by atoms with Crippen molar-refractivity contribution < 1.29 is 9.59 Å². The minimum atomic E-state index is -0.105. The SMILES string of the molecule is CN(CC(=O)Nc1ccc(C(=O)N(C)C)cc1)Cc1ccc(Cl)s1. The zero-order chi connectivity index (χ0) is 17.7. The molecular weight excluding hydrogens is 346 g/mol. The molecule has 2 rings (SSSR count). The van der Waals surface area contributed by atoms with Gasteiger partial charge in [-0.1, -0.05) is 11.6 Å². The molecule has 0 aliphatic carbocycles. The summed E-state index contributed by atoms with van der Waals surface area (Å²) in [4.78, 5) is 28.5. The Morgan fingerprint density at radius 3 is 2.29 bits per heavy atom. The number of carbonyl (C=O) groups excluding carboxylic acids is 2. The molecule has 2 aromatic rings. The number of halogens is 1. The van der Waals surface area contributed by atoms with Crippen molar-refractivity contribution >= 4 is 40.4 Å². The van der Waals surface area contributed by atoms with E-state index in [4.69, 9.17) is 11.6 Å². The van der Waals surface area contributed by atoms with Gasteiger partial charge in [-0.05, 0) is 43.4 Å². The maximum Gasteiger partial charge on any atom is 0.253 e. The first-order valence-electron chi connectivity index (χ1n) is 7.39. The molecule has 0 radical (unpaired) electrons. The lowest BCUT2D eigenvalue weighted by molar-refractivity contribution is -0.117. The van der Waals surface area contributed by atoms with Gasteiger partial charge in [-0.3, -0.25) is 14.5 Å². The number of hydrogen-bond donors (Lipinski definition) is 1. The van der Waals surface area contributed by atoms with Gasteiger partial charge in [0.2, 0.25) is 5.91 Å². The second-order valence-corrected chi connectivity index (χ2v) is 7.50. The van der Waals surface area contributed by atoms with Crippen LogP contribution in [0.3, 0.4) is 0 Å². The molecule has 0 saturated carbocycles. The average Bonchev–Trinajstić information content (AvgIpc) is 2.91. The molecule has 5 nitrogen and oxygen atoms in total. The Balaban J connectivity index is 1.86. The van der Waals surface area contributed by atoms with Crippen molar-refractivity contribution in [3.8, 4) is 0 Å². The Hall–Kier alpha value is -1.89. The van der Waals surface area contributed by atoms with Gasteiger partial charge in [-0.15, -0.1) is 11.3 Å². The van der Waals surface area contributed by atoms with Crippen molar-refractivity contribution in [1.82, 2.24) is 9.80 Å². The monoisotopic (exact) mass is 365 g/mol. The molecular formula is C17H20ClN3O2S. The van der Waals surface area contributed by atoms with Crippen LogP contribution < -0.4 is 5.32 Å². The standard InChI is InChI=1S/C17H20ClN3O2S/c1-20(2)17(23)12-4-6-13(7-5-12)19-16(22)11-21(3)10-14-8-9-15(18)24-14/h4-9H,10-11H2,1-3H3,(H,19,22). The largest absolute Gasteiger partial charge is 0.345 e. The quantitative estimate of drug-likeness (QED) is 0.855. The van der Waals surface area contributed by atoms with Gasteiger partial charge in [-0.2, -0.15) is 0 Å². The molecule has 0 atom stereocenters. The fourth-order valence-electron chi connectivity index (χ4n) is 2.16. The highest BCUT2D eigenvalue weighted by molar-refractivity contribution is 7.16. The number of anilines is 1. The second-order valence-electron chi connectivity index (χ2n) is 5.70. The van der Waals surface area contributed by atoms with Gasteiger partial charge < -0.3 is 10.2 Å². The molecule has 1 heterocycles. The predicted octanol–water partition coefficient (Wildman–Crippen LogP) is 3.17. The van der Waals surface area contributed by atoms with Crippen LogP contribution in [0.4, 0.5) is 5.69 Å². The van der Waals surface area contributed by atoms with E-state index in [0.717, 1.165) is 9.21 Å². The summed E-state index contributed by atoms with van der Waals surface area (Å²) >= 11 is 7.41. The fraction of sp³-hybridized carbons (Fsp3) is 0.294.